The first-order chi connectivity index (χ1) is 12.7. The molecular formula is C21H25NO3S. The fourth-order valence-corrected chi connectivity index (χ4v) is 4.44. The van der Waals surface area contributed by atoms with Crippen LogP contribution in [0.25, 0.3) is 0 Å². The van der Waals surface area contributed by atoms with Crippen LogP contribution < -0.4 is 4.74 Å². The molecule has 4 rings (SSSR count). The Labute approximate surface area is 158 Å². The first kappa shape index (κ1) is 17.6. The maximum atomic E-state index is 13.1. The van der Waals surface area contributed by atoms with Crippen LogP contribution in [-0.2, 0) is 11.3 Å². The van der Waals surface area contributed by atoms with Gasteiger partial charge in [-0.15, -0.1) is 11.3 Å². The molecule has 0 radical (unpaired) electrons. The molecule has 0 unspecified atom stereocenters. The van der Waals surface area contributed by atoms with Crippen molar-refractivity contribution in [2.45, 2.75) is 51.3 Å². The van der Waals surface area contributed by atoms with Crippen LogP contribution in [0.3, 0.4) is 0 Å². The number of benzene rings is 1. The Morgan fingerprint density at radius 1 is 1.19 bits per heavy atom. The number of carbonyl (C=O) groups excluding carboxylic acids is 1. The number of hydrogen-bond acceptors (Lipinski definition) is 4. The van der Waals surface area contributed by atoms with Crippen molar-refractivity contribution in [3.8, 4) is 5.75 Å². The Hall–Kier alpha value is -1.85. The summed E-state index contributed by atoms with van der Waals surface area (Å²) < 4.78 is 11.3. The molecule has 138 valence electrons. The molecule has 26 heavy (non-hydrogen) atoms. The lowest BCUT2D eigenvalue weighted by molar-refractivity contribution is 0.0735. The van der Waals surface area contributed by atoms with Gasteiger partial charge in [-0.1, -0.05) is 12.1 Å². The van der Waals surface area contributed by atoms with Crippen molar-refractivity contribution < 1.29 is 14.3 Å². The van der Waals surface area contributed by atoms with E-state index in [0.29, 0.717) is 19.2 Å². The quantitative estimate of drug-likeness (QED) is 0.701. The molecule has 1 amide bonds. The average molecular weight is 372 g/mol. The fourth-order valence-electron chi connectivity index (χ4n) is 3.39. The predicted molar refractivity (Wildman–Crippen MR) is 103 cm³/mol. The van der Waals surface area contributed by atoms with Crippen molar-refractivity contribution in [2.24, 2.45) is 0 Å². The summed E-state index contributed by atoms with van der Waals surface area (Å²) in [5.74, 6) is 1.02. The maximum absolute atomic E-state index is 13.1. The van der Waals surface area contributed by atoms with Crippen molar-refractivity contribution in [2.75, 3.05) is 13.2 Å². The number of nitrogens with zero attached hydrogens (tertiary/aromatic N) is 1. The Morgan fingerprint density at radius 3 is 2.65 bits per heavy atom. The lowest BCUT2D eigenvalue weighted by atomic mass is 10.2. The van der Waals surface area contributed by atoms with Crippen LogP contribution in [0.1, 0.15) is 58.8 Å². The van der Waals surface area contributed by atoms with E-state index in [1.807, 2.05) is 30.0 Å². The summed E-state index contributed by atoms with van der Waals surface area (Å²) >= 11 is 1.60. The molecule has 0 N–H and O–H groups in total. The van der Waals surface area contributed by atoms with Gasteiger partial charge >= 0.3 is 0 Å². The van der Waals surface area contributed by atoms with Crippen molar-refractivity contribution >= 4 is 17.2 Å². The third kappa shape index (κ3) is 3.94. The van der Waals surface area contributed by atoms with Crippen molar-refractivity contribution in [3.63, 3.8) is 0 Å². The van der Waals surface area contributed by atoms with Gasteiger partial charge in [-0.05, 0) is 62.4 Å². The lowest BCUT2D eigenvalue weighted by Gasteiger charge is -2.22. The monoisotopic (exact) mass is 371 g/mol. The first-order valence-electron chi connectivity index (χ1n) is 9.48. The highest BCUT2D eigenvalue weighted by molar-refractivity contribution is 7.14. The highest BCUT2D eigenvalue weighted by Gasteiger charge is 2.34. The Balaban J connectivity index is 1.46. The fraction of sp³-hybridized carbons (Fsp3) is 0.476. The molecule has 5 heteroatoms. The summed E-state index contributed by atoms with van der Waals surface area (Å²) in [5.41, 5.74) is 1.14. The molecule has 0 spiro atoms. The van der Waals surface area contributed by atoms with Crippen molar-refractivity contribution in [3.05, 3.63) is 51.7 Å². The van der Waals surface area contributed by atoms with Gasteiger partial charge in [-0.25, -0.2) is 0 Å². The second-order valence-corrected chi connectivity index (χ2v) is 8.06. The summed E-state index contributed by atoms with van der Waals surface area (Å²) in [7, 11) is 0. The predicted octanol–water partition coefficient (Wildman–Crippen LogP) is 4.80. The molecule has 2 aliphatic rings. The molecule has 1 aromatic heterocycles. The molecule has 1 aliphatic heterocycles. The minimum Gasteiger partial charge on any atom is -0.494 e. The van der Waals surface area contributed by atoms with Gasteiger partial charge in [0.05, 0.1) is 17.6 Å². The zero-order chi connectivity index (χ0) is 17.9. The van der Waals surface area contributed by atoms with Crippen LogP contribution in [-0.4, -0.2) is 30.1 Å². The summed E-state index contributed by atoms with van der Waals surface area (Å²) in [6.45, 7) is 4.13. The van der Waals surface area contributed by atoms with Gasteiger partial charge < -0.3 is 14.4 Å². The van der Waals surface area contributed by atoms with Crippen LogP contribution in [0.2, 0.25) is 0 Å². The van der Waals surface area contributed by atoms with Gasteiger partial charge in [0.1, 0.15) is 5.75 Å². The molecule has 1 saturated carbocycles. The van der Waals surface area contributed by atoms with E-state index in [9.17, 15) is 4.79 Å². The van der Waals surface area contributed by atoms with E-state index in [0.717, 1.165) is 48.5 Å². The molecular weight excluding hydrogens is 346 g/mol. The van der Waals surface area contributed by atoms with E-state index < -0.39 is 0 Å². The standard InChI is InChI=1S/C21H25NO3S/c1-2-24-17-9-5-15(6-10-17)14-22(16-7-8-16)21(23)20-12-11-19(26-20)18-4-3-13-25-18/h5-6,9-12,16,18H,2-4,7-8,13-14H2,1H3/t18-/m1/s1. The molecule has 1 atom stereocenters. The van der Waals surface area contributed by atoms with Crippen LogP contribution in [0, 0.1) is 0 Å². The number of carbonyl (C=O) groups is 1. The zero-order valence-electron chi connectivity index (χ0n) is 15.1. The highest BCUT2D eigenvalue weighted by atomic mass is 32.1. The number of thiophene rings is 1. The molecule has 2 heterocycles. The minimum atomic E-state index is 0.149. The second-order valence-electron chi connectivity index (χ2n) is 6.94. The number of amides is 1. The average Bonchev–Trinajstić information content (AvgIpc) is 3.14. The summed E-state index contributed by atoms with van der Waals surface area (Å²) in [6.07, 6.45) is 4.56. The van der Waals surface area contributed by atoms with E-state index in [1.165, 1.54) is 4.88 Å². The molecule has 0 bridgehead atoms. The number of hydrogen-bond donors (Lipinski definition) is 0. The van der Waals surface area contributed by atoms with Gasteiger partial charge in [0.2, 0.25) is 0 Å². The molecule has 4 nitrogen and oxygen atoms in total. The summed E-state index contributed by atoms with van der Waals surface area (Å²) in [5, 5.41) is 0. The third-order valence-electron chi connectivity index (χ3n) is 4.92. The van der Waals surface area contributed by atoms with Crippen LogP contribution in [0.15, 0.2) is 36.4 Å². The van der Waals surface area contributed by atoms with Gasteiger partial charge in [-0.3, -0.25) is 4.79 Å². The van der Waals surface area contributed by atoms with E-state index >= 15 is 0 Å². The van der Waals surface area contributed by atoms with E-state index in [2.05, 4.69) is 18.2 Å². The maximum Gasteiger partial charge on any atom is 0.264 e. The zero-order valence-corrected chi connectivity index (χ0v) is 16.0. The highest BCUT2D eigenvalue weighted by Crippen LogP contribution is 2.36. The van der Waals surface area contributed by atoms with Crippen molar-refractivity contribution in [1.29, 1.82) is 0 Å². The normalized spacial score (nSPS) is 19.5. The second kappa shape index (κ2) is 7.80. The smallest absolute Gasteiger partial charge is 0.264 e. The Morgan fingerprint density at radius 2 is 2.00 bits per heavy atom. The van der Waals surface area contributed by atoms with E-state index in [-0.39, 0.29) is 12.0 Å². The molecule has 1 saturated heterocycles. The SMILES string of the molecule is CCOc1ccc(CN(C(=O)c2ccc([C@H]3CCCO3)s2)C2CC2)cc1. The Kier molecular flexibility index (Phi) is 5.27. The van der Waals surface area contributed by atoms with E-state index in [1.54, 1.807) is 11.3 Å². The van der Waals surface area contributed by atoms with Gasteiger partial charge in [-0.2, -0.15) is 0 Å². The number of ether oxygens (including phenoxy) is 2. The molecule has 2 fully saturated rings. The van der Waals surface area contributed by atoms with Gasteiger partial charge in [0.15, 0.2) is 0 Å². The van der Waals surface area contributed by atoms with Crippen LogP contribution >= 0.6 is 11.3 Å². The summed E-state index contributed by atoms with van der Waals surface area (Å²) in [4.78, 5) is 17.1. The van der Waals surface area contributed by atoms with E-state index in [4.69, 9.17) is 9.47 Å². The minimum absolute atomic E-state index is 0.149. The lowest BCUT2D eigenvalue weighted by Crippen LogP contribution is -2.32. The molecule has 1 aliphatic carbocycles. The Bertz CT molecular complexity index is 745. The first-order valence-corrected chi connectivity index (χ1v) is 10.3. The topological polar surface area (TPSA) is 38.8 Å². The van der Waals surface area contributed by atoms with Gasteiger partial charge in [0.25, 0.3) is 5.91 Å². The van der Waals surface area contributed by atoms with Crippen molar-refractivity contribution in [1.82, 2.24) is 4.90 Å². The largest absolute Gasteiger partial charge is 0.494 e. The number of rotatable bonds is 7. The third-order valence-corrected chi connectivity index (χ3v) is 6.09. The molecule has 2 aromatic rings. The van der Waals surface area contributed by atoms with Gasteiger partial charge in [0, 0.05) is 24.1 Å². The van der Waals surface area contributed by atoms with Crippen LogP contribution in [0.5, 0.6) is 5.75 Å². The summed E-state index contributed by atoms with van der Waals surface area (Å²) in [6, 6.07) is 12.5. The molecule has 1 aromatic carbocycles. The van der Waals surface area contributed by atoms with Crippen LogP contribution in [0.4, 0.5) is 0 Å².